The molecule has 0 aliphatic heterocycles. The topological polar surface area (TPSA) is 50.8 Å². The molecule has 22 heavy (non-hydrogen) atoms. The van der Waals surface area contributed by atoms with E-state index in [1.807, 2.05) is 22.9 Å². The van der Waals surface area contributed by atoms with Gasteiger partial charge in [0, 0.05) is 0 Å². The Balaban J connectivity index is 2.46. The van der Waals surface area contributed by atoms with E-state index in [1.54, 1.807) is 18.4 Å². The highest BCUT2D eigenvalue weighted by atomic mass is 16.5. The van der Waals surface area contributed by atoms with E-state index in [0.717, 1.165) is 42.1 Å². The van der Waals surface area contributed by atoms with Gasteiger partial charge in [-0.2, -0.15) is 10.4 Å². The predicted molar refractivity (Wildman–Crippen MR) is 87.1 cm³/mol. The van der Waals surface area contributed by atoms with Gasteiger partial charge < -0.3 is 4.74 Å². The molecule has 0 N–H and O–H groups in total. The highest BCUT2D eigenvalue weighted by molar-refractivity contribution is 5.44. The lowest BCUT2D eigenvalue weighted by Gasteiger charge is -2.07. The van der Waals surface area contributed by atoms with Crippen LogP contribution in [0.3, 0.4) is 0 Å². The quantitative estimate of drug-likeness (QED) is 0.751. The second-order valence-corrected chi connectivity index (χ2v) is 4.90. The largest absolute Gasteiger partial charge is 0.461 e. The van der Waals surface area contributed by atoms with Crippen molar-refractivity contribution in [1.29, 1.82) is 5.26 Å². The maximum atomic E-state index is 8.91. The molecule has 4 heteroatoms. The average Bonchev–Trinajstić information content (AvgIpc) is 2.93. The lowest BCUT2D eigenvalue weighted by atomic mass is 10.2. The SMILES string of the molecule is CC/C=C/Oc1c(CC)nn(-c2ccc(C#N)cc2)c1CC. The Morgan fingerprint density at radius 1 is 1.18 bits per heavy atom. The summed E-state index contributed by atoms with van der Waals surface area (Å²) in [7, 11) is 0. The van der Waals surface area contributed by atoms with E-state index in [9.17, 15) is 0 Å². The van der Waals surface area contributed by atoms with Crippen molar-refractivity contribution in [2.24, 2.45) is 0 Å². The first-order valence-electron chi connectivity index (χ1n) is 7.68. The third-order valence-electron chi connectivity index (χ3n) is 3.43. The molecule has 0 radical (unpaired) electrons. The Kier molecular flexibility index (Phi) is 5.37. The normalized spacial score (nSPS) is 10.8. The Bertz CT molecular complexity index is 690. The van der Waals surface area contributed by atoms with Crippen LogP contribution in [0.2, 0.25) is 0 Å². The molecule has 2 aromatic rings. The fraction of sp³-hybridized carbons (Fsp3) is 0.333. The standard InChI is InChI=1S/C18H21N3O/c1-4-7-12-22-18-16(5-2)20-21(17(18)6-3)15-10-8-14(13-19)9-11-15/h7-12H,4-6H2,1-3H3/b12-7+. The van der Waals surface area contributed by atoms with Gasteiger partial charge in [0.05, 0.1) is 29.3 Å². The van der Waals surface area contributed by atoms with Crippen LogP contribution in [0.15, 0.2) is 36.6 Å². The third kappa shape index (κ3) is 3.20. The zero-order valence-corrected chi connectivity index (χ0v) is 13.3. The highest BCUT2D eigenvalue weighted by Crippen LogP contribution is 2.28. The first-order valence-corrected chi connectivity index (χ1v) is 7.68. The van der Waals surface area contributed by atoms with Crippen LogP contribution in [0.25, 0.3) is 5.69 Å². The van der Waals surface area contributed by atoms with E-state index >= 15 is 0 Å². The summed E-state index contributed by atoms with van der Waals surface area (Å²) in [5.41, 5.74) is 3.58. The molecule has 0 saturated heterocycles. The first-order chi connectivity index (χ1) is 10.7. The molecule has 0 aliphatic rings. The summed E-state index contributed by atoms with van der Waals surface area (Å²) in [6.07, 6.45) is 6.29. The van der Waals surface area contributed by atoms with Crippen molar-refractivity contribution in [2.75, 3.05) is 0 Å². The number of nitriles is 1. The van der Waals surface area contributed by atoms with Gasteiger partial charge in [0.15, 0.2) is 5.75 Å². The van der Waals surface area contributed by atoms with Crippen LogP contribution in [-0.2, 0) is 12.8 Å². The molecule has 0 bridgehead atoms. The van der Waals surface area contributed by atoms with Crippen molar-refractivity contribution in [1.82, 2.24) is 9.78 Å². The van der Waals surface area contributed by atoms with E-state index in [4.69, 9.17) is 10.00 Å². The molecule has 1 aromatic heterocycles. The number of hydrogen-bond donors (Lipinski definition) is 0. The summed E-state index contributed by atoms with van der Waals surface area (Å²) in [5, 5.41) is 13.6. The Labute approximate surface area is 131 Å². The van der Waals surface area contributed by atoms with Crippen molar-refractivity contribution in [3.8, 4) is 17.5 Å². The molecule has 0 atom stereocenters. The van der Waals surface area contributed by atoms with Crippen molar-refractivity contribution in [3.05, 3.63) is 53.6 Å². The Morgan fingerprint density at radius 2 is 1.91 bits per heavy atom. The van der Waals surface area contributed by atoms with Crippen molar-refractivity contribution in [2.45, 2.75) is 40.0 Å². The molecular formula is C18H21N3O. The number of aromatic nitrogens is 2. The van der Waals surface area contributed by atoms with Gasteiger partial charge in [-0.05, 0) is 49.6 Å². The van der Waals surface area contributed by atoms with Crippen LogP contribution < -0.4 is 4.74 Å². The number of nitrogens with zero attached hydrogens (tertiary/aromatic N) is 3. The van der Waals surface area contributed by atoms with Gasteiger partial charge in [-0.15, -0.1) is 0 Å². The lowest BCUT2D eigenvalue weighted by molar-refractivity contribution is 0.467. The summed E-state index contributed by atoms with van der Waals surface area (Å²) in [4.78, 5) is 0. The zero-order chi connectivity index (χ0) is 15.9. The third-order valence-corrected chi connectivity index (χ3v) is 3.43. The predicted octanol–water partition coefficient (Wildman–Crippen LogP) is 4.17. The zero-order valence-electron chi connectivity index (χ0n) is 13.3. The van der Waals surface area contributed by atoms with Gasteiger partial charge in [-0.25, -0.2) is 4.68 Å². The summed E-state index contributed by atoms with van der Waals surface area (Å²) < 4.78 is 7.73. The molecular weight excluding hydrogens is 274 g/mol. The van der Waals surface area contributed by atoms with E-state index in [-0.39, 0.29) is 0 Å². The summed E-state index contributed by atoms with van der Waals surface area (Å²) in [6, 6.07) is 9.57. The Hall–Kier alpha value is -2.54. The van der Waals surface area contributed by atoms with Crippen molar-refractivity contribution >= 4 is 0 Å². The van der Waals surface area contributed by atoms with Crippen LogP contribution in [-0.4, -0.2) is 9.78 Å². The molecule has 4 nitrogen and oxygen atoms in total. The van der Waals surface area contributed by atoms with Gasteiger partial charge in [-0.1, -0.05) is 20.8 Å². The second-order valence-electron chi connectivity index (χ2n) is 4.90. The molecule has 0 amide bonds. The molecule has 1 heterocycles. The molecule has 0 unspecified atom stereocenters. The minimum Gasteiger partial charge on any atom is -0.461 e. The lowest BCUT2D eigenvalue weighted by Crippen LogP contribution is -2.02. The van der Waals surface area contributed by atoms with Crippen molar-refractivity contribution < 1.29 is 4.74 Å². The number of benzene rings is 1. The number of aryl methyl sites for hydroxylation is 1. The van der Waals surface area contributed by atoms with Gasteiger partial charge in [-0.3, -0.25) is 0 Å². The number of ether oxygens (including phenoxy) is 1. The van der Waals surface area contributed by atoms with E-state index in [0.29, 0.717) is 5.56 Å². The number of allylic oxidation sites excluding steroid dienone is 1. The van der Waals surface area contributed by atoms with E-state index < -0.39 is 0 Å². The van der Waals surface area contributed by atoms with Gasteiger partial charge in [0.25, 0.3) is 0 Å². The highest BCUT2D eigenvalue weighted by Gasteiger charge is 2.17. The molecule has 0 saturated carbocycles. The minimum absolute atomic E-state index is 0.645. The maximum Gasteiger partial charge on any atom is 0.171 e. The van der Waals surface area contributed by atoms with E-state index in [2.05, 4.69) is 31.9 Å². The average molecular weight is 295 g/mol. The van der Waals surface area contributed by atoms with Crippen LogP contribution in [0.1, 0.15) is 44.1 Å². The second kappa shape index (κ2) is 7.46. The fourth-order valence-corrected chi connectivity index (χ4v) is 2.27. The summed E-state index contributed by atoms with van der Waals surface area (Å²) in [5.74, 6) is 0.846. The molecule has 2 rings (SSSR count). The van der Waals surface area contributed by atoms with Crippen molar-refractivity contribution in [3.63, 3.8) is 0 Å². The van der Waals surface area contributed by atoms with Crippen LogP contribution in [0.5, 0.6) is 5.75 Å². The minimum atomic E-state index is 0.645. The van der Waals surface area contributed by atoms with Crippen LogP contribution in [0, 0.1) is 11.3 Å². The number of hydrogen-bond acceptors (Lipinski definition) is 3. The van der Waals surface area contributed by atoms with Gasteiger partial charge >= 0.3 is 0 Å². The van der Waals surface area contributed by atoms with Gasteiger partial charge in [0.1, 0.15) is 5.69 Å². The smallest absolute Gasteiger partial charge is 0.171 e. The van der Waals surface area contributed by atoms with E-state index in [1.165, 1.54) is 0 Å². The molecule has 1 aromatic carbocycles. The van der Waals surface area contributed by atoms with Crippen LogP contribution >= 0.6 is 0 Å². The molecule has 114 valence electrons. The fourth-order valence-electron chi connectivity index (χ4n) is 2.27. The molecule has 0 spiro atoms. The van der Waals surface area contributed by atoms with Gasteiger partial charge in [0.2, 0.25) is 0 Å². The molecule has 0 aliphatic carbocycles. The van der Waals surface area contributed by atoms with Crippen LogP contribution in [0.4, 0.5) is 0 Å². The first kappa shape index (κ1) is 15.8. The maximum absolute atomic E-state index is 8.91. The summed E-state index contributed by atoms with van der Waals surface area (Å²) in [6.45, 7) is 6.23. The monoisotopic (exact) mass is 295 g/mol. The number of rotatable bonds is 6. The summed E-state index contributed by atoms with van der Waals surface area (Å²) >= 11 is 0. The molecule has 0 fully saturated rings. The Morgan fingerprint density at radius 3 is 2.45 bits per heavy atom.